The van der Waals surface area contributed by atoms with Crippen molar-refractivity contribution in [3.63, 3.8) is 0 Å². The summed E-state index contributed by atoms with van der Waals surface area (Å²) in [6.45, 7) is 2.03. The van der Waals surface area contributed by atoms with Gasteiger partial charge >= 0.3 is 0 Å². The first-order chi connectivity index (χ1) is 14.1. The molecule has 3 aromatic rings. The predicted octanol–water partition coefficient (Wildman–Crippen LogP) is 3.46. The van der Waals surface area contributed by atoms with Gasteiger partial charge in [-0.2, -0.15) is 0 Å². The van der Waals surface area contributed by atoms with E-state index in [9.17, 15) is 13.6 Å². The highest BCUT2D eigenvalue weighted by Crippen LogP contribution is 2.21. The number of aromatic nitrogens is 2. The minimum absolute atomic E-state index is 0.185. The molecule has 4 rings (SSSR count). The van der Waals surface area contributed by atoms with Gasteiger partial charge in [0, 0.05) is 38.6 Å². The fourth-order valence-electron chi connectivity index (χ4n) is 3.23. The number of halogens is 2. The number of piperazine rings is 1. The fourth-order valence-corrected chi connectivity index (χ4v) is 3.23. The topological polar surface area (TPSA) is 61.4 Å². The molecule has 1 N–H and O–H groups in total. The van der Waals surface area contributed by atoms with Crippen LogP contribution in [0.4, 0.5) is 26.1 Å². The number of hydrogen-bond donors (Lipinski definition) is 1. The van der Waals surface area contributed by atoms with E-state index in [2.05, 4.69) is 15.3 Å². The molecule has 0 unspecified atom stereocenters. The van der Waals surface area contributed by atoms with Crippen LogP contribution < -0.4 is 10.2 Å². The van der Waals surface area contributed by atoms with Crippen LogP contribution in [0.5, 0.6) is 0 Å². The van der Waals surface area contributed by atoms with Crippen molar-refractivity contribution in [3.05, 3.63) is 78.1 Å². The van der Waals surface area contributed by atoms with Gasteiger partial charge in [0.05, 0.1) is 16.9 Å². The number of carbonyl (C=O) groups is 1. The Hall–Kier alpha value is -3.55. The maximum absolute atomic E-state index is 13.9. The van der Waals surface area contributed by atoms with E-state index in [1.807, 2.05) is 4.90 Å². The van der Waals surface area contributed by atoms with Gasteiger partial charge < -0.3 is 15.1 Å². The number of anilines is 3. The van der Waals surface area contributed by atoms with Crippen molar-refractivity contribution < 1.29 is 13.6 Å². The summed E-state index contributed by atoms with van der Waals surface area (Å²) in [6, 6.07) is 12.8. The number of carbonyl (C=O) groups excluding carboxylic acids is 1. The van der Waals surface area contributed by atoms with E-state index in [1.165, 1.54) is 24.5 Å². The standard InChI is InChI=1S/C21H19F2N5O/c22-16-5-1-3-7-18(16)26-21-24-13-15(14-25-21)20(29)28-11-9-27(10-12-28)19-8-4-2-6-17(19)23/h1-8,13-14H,9-12H2,(H,24,25,26). The smallest absolute Gasteiger partial charge is 0.257 e. The highest BCUT2D eigenvalue weighted by Gasteiger charge is 2.24. The molecule has 0 radical (unpaired) electrons. The van der Waals surface area contributed by atoms with Crippen LogP contribution in [0.25, 0.3) is 0 Å². The molecule has 0 atom stereocenters. The highest BCUT2D eigenvalue weighted by atomic mass is 19.1. The van der Waals surface area contributed by atoms with E-state index in [-0.39, 0.29) is 23.4 Å². The zero-order valence-electron chi connectivity index (χ0n) is 15.6. The molecule has 6 nitrogen and oxygen atoms in total. The van der Waals surface area contributed by atoms with Gasteiger partial charge in [0.25, 0.3) is 5.91 Å². The molecule has 0 bridgehead atoms. The van der Waals surface area contributed by atoms with Crippen LogP contribution in [0.15, 0.2) is 60.9 Å². The van der Waals surface area contributed by atoms with Crippen molar-refractivity contribution >= 4 is 23.2 Å². The van der Waals surface area contributed by atoms with E-state index in [1.54, 1.807) is 41.3 Å². The number of amides is 1. The van der Waals surface area contributed by atoms with Gasteiger partial charge in [0.2, 0.25) is 5.95 Å². The van der Waals surface area contributed by atoms with Crippen molar-refractivity contribution in [2.24, 2.45) is 0 Å². The summed E-state index contributed by atoms with van der Waals surface area (Å²) in [4.78, 5) is 24.5. The number of benzene rings is 2. The van der Waals surface area contributed by atoms with Gasteiger partial charge in [-0.3, -0.25) is 4.79 Å². The van der Waals surface area contributed by atoms with Crippen LogP contribution in [0.1, 0.15) is 10.4 Å². The second-order valence-electron chi connectivity index (χ2n) is 6.63. The summed E-state index contributed by atoms with van der Waals surface area (Å²) in [5, 5.41) is 2.78. The molecule has 0 aliphatic carbocycles. The van der Waals surface area contributed by atoms with Crippen molar-refractivity contribution in [2.75, 3.05) is 36.4 Å². The minimum atomic E-state index is -0.413. The fraction of sp³-hybridized carbons (Fsp3) is 0.190. The maximum atomic E-state index is 13.9. The molecule has 29 heavy (non-hydrogen) atoms. The van der Waals surface area contributed by atoms with Crippen LogP contribution in [0.2, 0.25) is 0 Å². The van der Waals surface area contributed by atoms with Crippen LogP contribution in [0, 0.1) is 11.6 Å². The Balaban J connectivity index is 1.38. The first-order valence-corrected chi connectivity index (χ1v) is 9.24. The second kappa shape index (κ2) is 8.22. The third-order valence-corrected chi connectivity index (χ3v) is 4.78. The molecule has 148 valence electrons. The molecule has 1 aromatic heterocycles. The first-order valence-electron chi connectivity index (χ1n) is 9.24. The van der Waals surface area contributed by atoms with Crippen LogP contribution >= 0.6 is 0 Å². The Labute approximate surface area is 166 Å². The lowest BCUT2D eigenvalue weighted by Crippen LogP contribution is -2.49. The molecule has 1 saturated heterocycles. The highest BCUT2D eigenvalue weighted by molar-refractivity contribution is 5.94. The summed E-state index contributed by atoms with van der Waals surface area (Å²) in [7, 11) is 0. The number of rotatable bonds is 4. The van der Waals surface area contributed by atoms with E-state index >= 15 is 0 Å². The zero-order chi connectivity index (χ0) is 20.2. The number of hydrogen-bond acceptors (Lipinski definition) is 5. The lowest BCUT2D eigenvalue weighted by atomic mass is 10.2. The first kappa shape index (κ1) is 18.8. The van der Waals surface area contributed by atoms with Crippen molar-refractivity contribution in [1.29, 1.82) is 0 Å². The molecule has 1 amide bonds. The van der Waals surface area contributed by atoms with Crippen LogP contribution in [-0.4, -0.2) is 47.0 Å². The Kier molecular flexibility index (Phi) is 5.33. The predicted molar refractivity (Wildman–Crippen MR) is 106 cm³/mol. The van der Waals surface area contributed by atoms with Gasteiger partial charge in [-0.15, -0.1) is 0 Å². The quantitative estimate of drug-likeness (QED) is 0.733. The largest absolute Gasteiger partial charge is 0.366 e. The Morgan fingerprint density at radius 1 is 0.862 bits per heavy atom. The van der Waals surface area contributed by atoms with E-state index in [0.29, 0.717) is 37.4 Å². The van der Waals surface area contributed by atoms with Gasteiger partial charge in [-0.05, 0) is 24.3 Å². The van der Waals surface area contributed by atoms with Crippen molar-refractivity contribution in [1.82, 2.24) is 14.9 Å². The van der Waals surface area contributed by atoms with E-state index < -0.39 is 5.82 Å². The third-order valence-electron chi connectivity index (χ3n) is 4.78. The average Bonchev–Trinajstić information content (AvgIpc) is 2.76. The maximum Gasteiger partial charge on any atom is 0.257 e. The van der Waals surface area contributed by atoms with Gasteiger partial charge in [0.1, 0.15) is 11.6 Å². The van der Waals surface area contributed by atoms with Crippen molar-refractivity contribution in [3.8, 4) is 0 Å². The number of para-hydroxylation sites is 2. The zero-order valence-corrected chi connectivity index (χ0v) is 15.6. The summed E-state index contributed by atoms with van der Waals surface area (Å²) in [6.07, 6.45) is 2.84. The molecule has 2 heterocycles. The number of nitrogens with one attached hydrogen (secondary N) is 1. The summed E-state index contributed by atoms with van der Waals surface area (Å²) < 4.78 is 27.6. The average molecular weight is 395 g/mol. The lowest BCUT2D eigenvalue weighted by Gasteiger charge is -2.36. The van der Waals surface area contributed by atoms with Crippen LogP contribution in [-0.2, 0) is 0 Å². The Morgan fingerprint density at radius 2 is 1.48 bits per heavy atom. The van der Waals surface area contributed by atoms with Gasteiger partial charge in [-0.1, -0.05) is 24.3 Å². The SMILES string of the molecule is O=C(c1cnc(Nc2ccccc2F)nc1)N1CCN(c2ccccc2F)CC1. The van der Waals surface area contributed by atoms with Crippen molar-refractivity contribution in [2.45, 2.75) is 0 Å². The Bertz CT molecular complexity index is 1000. The molecular weight excluding hydrogens is 376 g/mol. The molecule has 1 aliphatic heterocycles. The molecule has 0 spiro atoms. The Morgan fingerprint density at radius 3 is 2.14 bits per heavy atom. The monoisotopic (exact) mass is 395 g/mol. The molecule has 2 aromatic carbocycles. The van der Waals surface area contributed by atoms with E-state index in [4.69, 9.17) is 0 Å². The third kappa shape index (κ3) is 4.16. The van der Waals surface area contributed by atoms with E-state index in [0.717, 1.165) is 0 Å². The summed E-state index contributed by atoms with van der Waals surface area (Å²) in [5.41, 5.74) is 1.16. The molecule has 1 aliphatic rings. The van der Waals surface area contributed by atoms with Crippen LogP contribution in [0.3, 0.4) is 0 Å². The molecular formula is C21H19F2N5O. The summed E-state index contributed by atoms with van der Waals surface area (Å²) >= 11 is 0. The van der Waals surface area contributed by atoms with Gasteiger partial charge in [-0.25, -0.2) is 18.7 Å². The summed E-state index contributed by atoms with van der Waals surface area (Å²) in [5.74, 6) is -0.658. The number of nitrogens with zero attached hydrogens (tertiary/aromatic N) is 4. The minimum Gasteiger partial charge on any atom is -0.366 e. The molecule has 0 saturated carbocycles. The molecule has 1 fully saturated rings. The normalized spacial score (nSPS) is 14.0. The van der Waals surface area contributed by atoms with Gasteiger partial charge in [0.15, 0.2) is 0 Å². The second-order valence-corrected chi connectivity index (χ2v) is 6.63. The molecule has 8 heteroatoms. The lowest BCUT2D eigenvalue weighted by molar-refractivity contribution is 0.0746.